The number of nitrogens with zero attached hydrogens (tertiary/aromatic N) is 3. The topological polar surface area (TPSA) is 56.5 Å². The molecule has 30 heavy (non-hydrogen) atoms. The summed E-state index contributed by atoms with van der Waals surface area (Å²) in [6.07, 6.45) is 4.18. The molecule has 2 aromatic heterocycles. The Morgan fingerprint density at radius 1 is 1.30 bits per heavy atom. The highest BCUT2D eigenvalue weighted by atomic mass is 19.3. The van der Waals surface area contributed by atoms with Gasteiger partial charge in [0.1, 0.15) is 11.4 Å². The fourth-order valence-corrected chi connectivity index (χ4v) is 3.58. The molecule has 1 aliphatic rings. The van der Waals surface area contributed by atoms with E-state index in [0.29, 0.717) is 17.2 Å². The lowest BCUT2D eigenvalue weighted by Crippen LogP contribution is -2.09. The average molecular weight is 411 g/mol. The van der Waals surface area contributed by atoms with Crippen LogP contribution in [0.1, 0.15) is 48.3 Å². The van der Waals surface area contributed by atoms with E-state index >= 15 is 0 Å². The first-order valence-electron chi connectivity index (χ1n) is 9.93. The van der Waals surface area contributed by atoms with Crippen LogP contribution in [0.2, 0.25) is 0 Å². The van der Waals surface area contributed by atoms with E-state index in [1.165, 1.54) is 25.8 Å². The molecule has 7 heteroatoms. The minimum Gasteiger partial charge on any atom is -0.434 e. The summed E-state index contributed by atoms with van der Waals surface area (Å²) in [5.41, 5.74) is 3.74. The number of aromatic nitrogens is 2. The number of carbonyl (C=O) groups is 1. The minimum atomic E-state index is -2.98. The number of benzene rings is 1. The number of halogens is 2. The number of Topliss-reactive ketones (excluding diaryl/α,β-unsaturated/α-hetero) is 1. The number of alkyl halides is 2. The third-order valence-corrected chi connectivity index (χ3v) is 5.41. The molecule has 0 unspecified atom stereocenters. The highest BCUT2D eigenvalue weighted by molar-refractivity contribution is 6.03. The van der Waals surface area contributed by atoms with Crippen molar-refractivity contribution in [2.45, 2.75) is 46.8 Å². The van der Waals surface area contributed by atoms with Gasteiger partial charge < -0.3 is 9.30 Å². The maximum absolute atomic E-state index is 12.8. The van der Waals surface area contributed by atoms with Crippen molar-refractivity contribution in [3.63, 3.8) is 0 Å². The highest BCUT2D eigenvalue weighted by Gasteiger charge is 2.25. The standard InChI is InChI=1S/C23H23F2N3O2/c1-13-19(9-18(15(3)29)11-21(13)30-23(24)25)27-14(2)20-10-17-5-4-8-26-22(17)28(20)12-16-6-7-16/h4-5,8-11,16,23H,6-7,12H2,1-3H3. The maximum atomic E-state index is 12.8. The summed E-state index contributed by atoms with van der Waals surface area (Å²) < 4.78 is 32.5. The van der Waals surface area contributed by atoms with Crippen molar-refractivity contribution in [2.24, 2.45) is 10.9 Å². The smallest absolute Gasteiger partial charge is 0.387 e. The third kappa shape index (κ3) is 4.10. The Bertz CT molecular complexity index is 1150. The molecule has 1 fully saturated rings. The van der Waals surface area contributed by atoms with Gasteiger partial charge in [0.2, 0.25) is 0 Å². The van der Waals surface area contributed by atoms with E-state index in [-0.39, 0.29) is 17.1 Å². The van der Waals surface area contributed by atoms with Gasteiger partial charge in [-0.3, -0.25) is 9.79 Å². The van der Waals surface area contributed by atoms with Crippen molar-refractivity contribution < 1.29 is 18.3 Å². The molecule has 0 bridgehead atoms. The van der Waals surface area contributed by atoms with Gasteiger partial charge >= 0.3 is 6.61 Å². The number of hydrogen-bond acceptors (Lipinski definition) is 4. The van der Waals surface area contributed by atoms with Crippen LogP contribution in [-0.4, -0.2) is 27.7 Å². The third-order valence-electron chi connectivity index (χ3n) is 5.41. The molecule has 1 aliphatic carbocycles. The van der Waals surface area contributed by atoms with Crippen molar-refractivity contribution in [3.05, 3.63) is 53.3 Å². The van der Waals surface area contributed by atoms with Gasteiger partial charge in [-0.1, -0.05) is 0 Å². The molecule has 1 saturated carbocycles. The summed E-state index contributed by atoms with van der Waals surface area (Å²) in [5.74, 6) is 0.364. The fourth-order valence-electron chi connectivity index (χ4n) is 3.58. The van der Waals surface area contributed by atoms with Crippen LogP contribution in [-0.2, 0) is 6.54 Å². The zero-order valence-electron chi connectivity index (χ0n) is 17.2. The quantitative estimate of drug-likeness (QED) is 0.370. The van der Waals surface area contributed by atoms with Crippen molar-refractivity contribution in [1.82, 2.24) is 9.55 Å². The number of aliphatic imine (C=N–C) groups is 1. The van der Waals surface area contributed by atoms with Crippen molar-refractivity contribution >= 4 is 28.2 Å². The summed E-state index contributed by atoms with van der Waals surface area (Å²) >= 11 is 0. The molecule has 0 amide bonds. The SMILES string of the molecule is CC(=O)c1cc(N=C(C)c2cc3cccnc3n2CC2CC2)c(C)c(OC(F)F)c1. The molecule has 0 saturated heterocycles. The van der Waals surface area contributed by atoms with Crippen LogP contribution < -0.4 is 4.74 Å². The molecule has 4 rings (SSSR count). The van der Waals surface area contributed by atoms with Gasteiger partial charge in [-0.15, -0.1) is 0 Å². The average Bonchev–Trinajstić information content (AvgIpc) is 3.44. The van der Waals surface area contributed by atoms with Crippen LogP contribution in [0.5, 0.6) is 5.75 Å². The molecule has 3 aromatic rings. The van der Waals surface area contributed by atoms with E-state index in [9.17, 15) is 13.6 Å². The second-order valence-electron chi connectivity index (χ2n) is 7.75. The Morgan fingerprint density at radius 3 is 2.73 bits per heavy atom. The maximum Gasteiger partial charge on any atom is 0.387 e. The number of carbonyl (C=O) groups excluding carboxylic acids is 1. The lowest BCUT2D eigenvalue weighted by molar-refractivity contribution is -0.0502. The van der Waals surface area contributed by atoms with E-state index in [0.717, 1.165) is 29.0 Å². The number of fused-ring (bicyclic) bond motifs is 1. The summed E-state index contributed by atoms with van der Waals surface area (Å²) in [5, 5.41) is 1.03. The number of ketones is 1. The molecule has 0 radical (unpaired) electrons. The summed E-state index contributed by atoms with van der Waals surface area (Å²) in [4.78, 5) is 21.1. The number of ether oxygens (including phenoxy) is 1. The van der Waals surface area contributed by atoms with Crippen molar-refractivity contribution in [3.8, 4) is 5.75 Å². The van der Waals surface area contributed by atoms with Gasteiger partial charge in [-0.2, -0.15) is 8.78 Å². The first-order chi connectivity index (χ1) is 14.3. The van der Waals surface area contributed by atoms with Gasteiger partial charge in [0.25, 0.3) is 0 Å². The molecule has 0 spiro atoms. The zero-order chi connectivity index (χ0) is 21.4. The van der Waals surface area contributed by atoms with Crippen LogP contribution in [0.25, 0.3) is 11.0 Å². The Kier molecular flexibility index (Phi) is 5.37. The first kappa shape index (κ1) is 20.2. The molecule has 0 aliphatic heterocycles. The van der Waals surface area contributed by atoms with Crippen molar-refractivity contribution in [1.29, 1.82) is 0 Å². The van der Waals surface area contributed by atoms with E-state index < -0.39 is 6.61 Å². The van der Waals surface area contributed by atoms with Crippen LogP contribution in [0.15, 0.2) is 41.5 Å². The van der Waals surface area contributed by atoms with E-state index in [4.69, 9.17) is 4.99 Å². The lowest BCUT2D eigenvalue weighted by atomic mass is 10.1. The van der Waals surface area contributed by atoms with E-state index in [1.807, 2.05) is 25.1 Å². The Hall–Kier alpha value is -3.09. The summed E-state index contributed by atoms with van der Waals surface area (Å²) in [6.45, 7) is 2.82. The zero-order valence-corrected chi connectivity index (χ0v) is 17.2. The van der Waals surface area contributed by atoms with Crippen LogP contribution in [0, 0.1) is 12.8 Å². The largest absolute Gasteiger partial charge is 0.434 e. The Morgan fingerprint density at radius 2 is 2.07 bits per heavy atom. The van der Waals surface area contributed by atoms with Crippen LogP contribution in [0.3, 0.4) is 0 Å². The second-order valence-corrected chi connectivity index (χ2v) is 7.75. The summed E-state index contributed by atoms with van der Waals surface area (Å²) in [6, 6.07) is 8.91. The molecule has 0 atom stereocenters. The van der Waals surface area contributed by atoms with Gasteiger partial charge in [-0.05, 0) is 69.9 Å². The van der Waals surface area contributed by atoms with Crippen molar-refractivity contribution in [2.75, 3.05) is 0 Å². The number of rotatable bonds is 7. The minimum absolute atomic E-state index is 0.0376. The van der Waals surface area contributed by atoms with Crippen LogP contribution in [0.4, 0.5) is 14.5 Å². The normalized spacial score (nSPS) is 14.5. The second kappa shape index (κ2) is 7.97. The molecule has 2 heterocycles. The van der Waals surface area contributed by atoms with Gasteiger partial charge in [-0.25, -0.2) is 4.98 Å². The molecule has 156 valence electrons. The lowest BCUT2D eigenvalue weighted by Gasteiger charge is -2.13. The fraction of sp³-hybridized carbons (Fsp3) is 0.348. The van der Waals surface area contributed by atoms with Gasteiger partial charge in [0, 0.05) is 29.3 Å². The van der Waals surface area contributed by atoms with E-state index in [1.54, 1.807) is 19.2 Å². The van der Waals surface area contributed by atoms with Gasteiger partial charge in [0.15, 0.2) is 5.78 Å². The van der Waals surface area contributed by atoms with Gasteiger partial charge in [0.05, 0.1) is 17.1 Å². The van der Waals surface area contributed by atoms with Crippen LogP contribution >= 0.6 is 0 Å². The molecule has 5 nitrogen and oxygen atoms in total. The number of hydrogen-bond donors (Lipinski definition) is 0. The molecular weight excluding hydrogens is 388 g/mol. The molecule has 1 aromatic carbocycles. The Balaban J connectivity index is 1.82. The van der Waals surface area contributed by atoms with E-state index in [2.05, 4.69) is 14.3 Å². The molecular formula is C23H23F2N3O2. The monoisotopic (exact) mass is 411 g/mol. The molecule has 0 N–H and O–H groups in total. The summed E-state index contributed by atoms with van der Waals surface area (Å²) in [7, 11) is 0. The predicted molar refractivity (Wildman–Crippen MR) is 112 cm³/mol. The first-order valence-corrected chi connectivity index (χ1v) is 9.93. The highest BCUT2D eigenvalue weighted by Crippen LogP contribution is 2.34. The Labute approximate surface area is 173 Å². The number of pyridine rings is 1. The predicted octanol–water partition coefficient (Wildman–Crippen LogP) is 5.70.